The molecule has 1 atom stereocenters. The topological polar surface area (TPSA) is 79.7 Å². The van der Waals surface area contributed by atoms with E-state index in [9.17, 15) is 9.18 Å². The van der Waals surface area contributed by atoms with Gasteiger partial charge in [0, 0.05) is 24.0 Å². The number of halogens is 1. The van der Waals surface area contributed by atoms with Crippen LogP contribution in [0.5, 0.6) is 0 Å². The average molecular weight is 491 g/mol. The third-order valence-corrected chi connectivity index (χ3v) is 7.25. The van der Waals surface area contributed by atoms with Gasteiger partial charge in [0.05, 0.1) is 17.1 Å². The van der Waals surface area contributed by atoms with Gasteiger partial charge in [-0.05, 0) is 85.9 Å². The van der Waals surface area contributed by atoms with Gasteiger partial charge < -0.3 is 4.98 Å². The Morgan fingerprint density at radius 3 is 2.42 bits per heavy atom. The summed E-state index contributed by atoms with van der Waals surface area (Å²) in [5, 5.41) is 13.8. The van der Waals surface area contributed by atoms with Crippen molar-refractivity contribution in [2.75, 3.05) is 0 Å². The van der Waals surface area contributed by atoms with Crippen LogP contribution in [0.15, 0.2) is 47.3 Å². The van der Waals surface area contributed by atoms with Crippen LogP contribution in [0.2, 0.25) is 0 Å². The molecule has 0 radical (unpaired) electrons. The first-order valence-electron chi connectivity index (χ1n) is 12.5. The molecule has 190 valence electrons. The molecule has 1 N–H and O–H groups in total. The number of fused-ring (bicyclic) bond motifs is 1. The number of tetrazole rings is 1. The van der Waals surface area contributed by atoms with Crippen molar-refractivity contribution < 1.29 is 4.39 Å². The van der Waals surface area contributed by atoms with Gasteiger partial charge in [0.2, 0.25) is 0 Å². The van der Waals surface area contributed by atoms with Crippen LogP contribution in [-0.2, 0) is 18.6 Å². The second-order valence-electron chi connectivity index (χ2n) is 10.2. The fourth-order valence-corrected chi connectivity index (χ4v) is 4.64. The Kier molecular flexibility index (Phi) is 7.36. The molecular formula is C28H35FN6O. The molecule has 0 fully saturated rings. The monoisotopic (exact) mass is 490 g/mol. The second-order valence-corrected chi connectivity index (χ2v) is 10.2. The van der Waals surface area contributed by atoms with Crippen molar-refractivity contribution in [1.82, 2.24) is 30.1 Å². The fourth-order valence-electron chi connectivity index (χ4n) is 4.64. The number of nitrogens with zero attached hydrogens (tertiary/aromatic N) is 5. The summed E-state index contributed by atoms with van der Waals surface area (Å²) in [5.74, 6) is 0.485. The Hall–Kier alpha value is -3.39. The van der Waals surface area contributed by atoms with Crippen molar-refractivity contribution in [1.29, 1.82) is 0 Å². The highest BCUT2D eigenvalue weighted by Crippen LogP contribution is 2.30. The number of benzene rings is 2. The van der Waals surface area contributed by atoms with Gasteiger partial charge in [0.1, 0.15) is 5.82 Å². The smallest absolute Gasteiger partial charge is 0.252 e. The molecule has 0 aliphatic heterocycles. The zero-order valence-electron chi connectivity index (χ0n) is 22.0. The SMILES string of the molecule is CC[C@@H](c1nnnn1C(C)(C)CC)N(Cc1ccc(F)cc1)Cc1cc2c(C)ccc(C)c2[nH]c1=O. The zero-order chi connectivity index (χ0) is 26.0. The first kappa shape index (κ1) is 25.7. The third kappa shape index (κ3) is 5.09. The van der Waals surface area contributed by atoms with Crippen LogP contribution < -0.4 is 5.56 Å². The van der Waals surface area contributed by atoms with E-state index < -0.39 is 0 Å². The summed E-state index contributed by atoms with van der Waals surface area (Å²) in [6.07, 6.45) is 1.60. The van der Waals surface area contributed by atoms with Crippen LogP contribution in [0, 0.1) is 19.7 Å². The lowest BCUT2D eigenvalue weighted by molar-refractivity contribution is 0.150. The Balaban J connectivity index is 1.80. The molecule has 0 saturated heterocycles. The van der Waals surface area contributed by atoms with Gasteiger partial charge in [-0.15, -0.1) is 5.10 Å². The molecule has 0 amide bonds. The molecule has 0 aliphatic rings. The summed E-state index contributed by atoms with van der Waals surface area (Å²) in [6.45, 7) is 13.4. The number of H-pyrrole nitrogens is 1. The normalized spacial score (nSPS) is 13.0. The van der Waals surface area contributed by atoms with E-state index in [4.69, 9.17) is 0 Å². The Labute approximate surface area is 211 Å². The minimum absolute atomic E-state index is 0.108. The maximum atomic E-state index is 13.6. The summed E-state index contributed by atoms with van der Waals surface area (Å²) in [7, 11) is 0. The van der Waals surface area contributed by atoms with Crippen molar-refractivity contribution >= 4 is 10.9 Å². The summed E-state index contributed by atoms with van der Waals surface area (Å²) in [5.41, 5.74) is 4.27. The summed E-state index contributed by atoms with van der Waals surface area (Å²) in [4.78, 5) is 18.5. The second kappa shape index (κ2) is 10.3. The van der Waals surface area contributed by atoms with Gasteiger partial charge in [-0.2, -0.15) is 0 Å². The van der Waals surface area contributed by atoms with Crippen LogP contribution in [0.3, 0.4) is 0 Å². The van der Waals surface area contributed by atoms with E-state index in [1.165, 1.54) is 12.1 Å². The van der Waals surface area contributed by atoms with Gasteiger partial charge >= 0.3 is 0 Å². The lowest BCUT2D eigenvalue weighted by atomic mass is 10.0. The number of hydrogen-bond donors (Lipinski definition) is 1. The number of aryl methyl sites for hydroxylation is 2. The molecular weight excluding hydrogens is 455 g/mol. The van der Waals surface area contributed by atoms with Gasteiger partial charge in [0.15, 0.2) is 5.82 Å². The predicted octanol–water partition coefficient (Wildman–Crippen LogP) is 5.57. The quantitative estimate of drug-likeness (QED) is 0.332. The molecule has 4 aromatic rings. The molecule has 0 aliphatic carbocycles. The molecule has 2 aromatic heterocycles. The molecule has 0 unspecified atom stereocenters. The zero-order valence-corrected chi connectivity index (χ0v) is 22.0. The van der Waals surface area contributed by atoms with E-state index in [2.05, 4.69) is 66.1 Å². The van der Waals surface area contributed by atoms with Crippen molar-refractivity contribution in [3.8, 4) is 0 Å². The molecule has 2 aromatic carbocycles. The molecule has 0 spiro atoms. The average Bonchev–Trinajstić information content (AvgIpc) is 3.35. The molecule has 0 bridgehead atoms. The number of nitrogens with one attached hydrogen (secondary N) is 1. The van der Waals surface area contributed by atoms with Gasteiger partial charge in [-0.25, -0.2) is 9.07 Å². The largest absolute Gasteiger partial charge is 0.321 e. The minimum atomic E-state index is -0.275. The molecule has 4 rings (SSSR count). The first-order chi connectivity index (χ1) is 17.1. The summed E-state index contributed by atoms with van der Waals surface area (Å²) >= 11 is 0. The van der Waals surface area contributed by atoms with Crippen molar-refractivity contribution in [2.45, 2.75) is 79.1 Å². The van der Waals surface area contributed by atoms with E-state index in [0.717, 1.165) is 46.3 Å². The molecule has 7 nitrogen and oxygen atoms in total. The lowest BCUT2D eigenvalue weighted by Gasteiger charge is -2.33. The summed E-state index contributed by atoms with van der Waals surface area (Å²) in [6, 6.07) is 12.5. The number of aromatic nitrogens is 5. The number of aromatic amines is 1. The van der Waals surface area contributed by atoms with E-state index >= 15 is 0 Å². The standard InChI is InChI=1S/C28H35FN6O/c1-7-24(26-31-32-33-35(26)28(5,6)8-2)34(16-20-11-13-22(29)14-12-20)17-21-15-23-18(3)9-10-19(4)25(23)30-27(21)36/h9-15,24H,7-8,16-17H2,1-6H3,(H,30,36)/t24-/m0/s1. The first-order valence-corrected chi connectivity index (χ1v) is 12.5. The number of pyridine rings is 1. The molecule has 0 saturated carbocycles. The maximum Gasteiger partial charge on any atom is 0.252 e. The van der Waals surface area contributed by atoms with Crippen molar-refractivity contribution in [3.05, 3.63) is 86.7 Å². The third-order valence-electron chi connectivity index (χ3n) is 7.25. The number of hydrogen-bond acceptors (Lipinski definition) is 5. The highest BCUT2D eigenvalue weighted by molar-refractivity contribution is 5.85. The maximum absolute atomic E-state index is 13.6. The fraction of sp³-hybridized carbons (Fsp3) is 0.429. The van der Waals surface area contributed by atoms with E-state index in [0.29, 0.717) is 18.7 Å². The van der Waals surface area contributed by atoms with Crippen LogP contribution in [0.4, 0.5) is 4.39 Å². The van der Waals surface area contributed by atoms with Crippen LogP contribution in [0.25, 0.3) is 10.9 Å². The van der Waals surface area contributed by atoms with Gasteiger partial charge in [-0.3, -0.25) is 9.69 Å². The predicted molar refractivity (Wildman–Crippen MR) is 140 cm³/mol. The Morgan fingerprint density at radius 1 is 1.06 bits per heavy atom. The minimum Gasteiger partial charge on any atom is -0.321 e. The molecule has 2 heterocycles. The van der Waals surface area contributed by atoms with Crippen molar-refractivity contribution in [2.24, 2.45) is 0 Å². The van der Waals surface area contributed by atoms with Crippen LogP contribution in [0.1, 0.15) is 74.7 Å². The lowest BCUT2D eigenvalue weighted by Crippen LogP contribution is -2.36. The van der Waals surface area contributed by atoms with Gasteiger partial charge in [0.25, 0.3) is 5.56 Å². The molecule has 36 heavy (non-hydrogen) atoms. The highest BCUT2D eigenvalue weighted by atomic mass is 19.1. The molecule has 8 heteroatoms. The van der Waals surface area contributed by atoms with E-state index in [1.807, 2.05) is 23.7 Å². The number of rotatable bonds is 9. The highest BCUT2D eigenvalue weighted by Gasteiger charge is 2.31. The summed E-state index contributed by atoms with van der Waals surface area (Å²) < 4.78 is 15.5. The Bertz CT molecular complexity index is 1410. The van der Waals surface area contributed by atoms with Gasteiger partial charge in [-0.1, -0.05) is 38.1 Å². The Morgan fingerprint density at radius 2 is 1.75 bits per heavy atom. The van der Waals surface area contributed by atoms with E-state index in [1.54, 1.807) is 12.1 Å². The van der Waals surface area contributed by atoms with Crippen molar-refractivity contribution in [3.63, 3.8) is 0 Å². The van der Waals surface area contributed by atoms with Crippen LogP contribution >= 0.6 is 0 Å². The van der Waals surface area contributed by atoms with Crippen LogP contribution in [-0.4, -0.2) is 30.1 Å². The van der Waals surface area contributed by atoms with E-state index in [-0.39, 0.29) is 23.0 Å².